The van der Waals surface area contributed by atoms with Gasteiger partial charge in [-0.25, -0.2) is 4.39 Å². The Balaban J connectivity index is 0.00000105. The summed E-state index contributed by atoms with van der Waals surface area (Å²) in [4.78, 5) is 95.9. The summed E-state index contributed by atoms with van der Waals surface area (Å²) >= 11 is 0. The highest BCUT2D eigenvalue weighted by atomic mass is 19.1. The number of hydrogen-bond donors (Lipinski definition) is 4. The molecule has 1 aliphatic carbocycles. The smallest absolute Gasteiger partial charge is 0.323 e. The highest BCUT2D eigenvalue weighted by Gasteiger charge is 2.29. The number of nitrogens with two attached hydrogens (primary N) is 1. The van der Waals surface area contributed by atoms with Crippen LogP contribution in [0.3, 0.4) is 0 Å². The van der Waals surface area contributed by atoms with Crippen LogP contribution in [0.4, 0.5) is 4.39 Å². The fourth-order valence-corrected chi connectivity index (χ4v) is 5.53. The Morgan fingerprint density at radius 3 is 2.05 bits per heavy atom. The number of amides is 4. The maximum absolute atomic E-state index is 14.0. The topological polar surface area (TPSA) is 214 Å². The molecule has 5 N–H and O–H groups in total. The Kier molecular flexibility index (Phi) is 28.4. The van der Waals surface area contributed by atoms with Gasteiger partial charge in [-0.3, -0.25) is 28.8 Å². The number of allylic oxidation sites excluding steroid dienone is 6. The molecule has 16 heteroatoms. The predicted octanol–water partition coefficient (Wildman–Crippen LogP) is 4.03. The minimum absolute atomic E-state index is 0.00463. The van der Waals surface area contributed by atoms with Crippen LogP contribution >= 0.6 is 0 Å². The summed E-state index contributed by atoms with van der Waals surface area (Å²) in [6.07, 6.45) is 12.4. The summed E-state index contributed by atoms with van der Waals surface area (Å²) in [6, 6.07) is 5.05. The third-order valence-electron chi connectivity index (χ3n) is 9.36. The van der Waals surface area contributed by atoms with Crippen LogP contribution in [0.15, 0.2) is 72.1 Å². The number of halogens is 1. The number of ketones is 1. The van der Waals surface area contributed by atoms with Crippen molar-refractivity contribution in [3.63, 3.8) is 0 Å². The first-order valence-electron chi connectivity index (χ1n) is 20.5. The fraction of sp³-hybridized carbons (Fsp3) is 0.511. The van der Waals surface area contributed by atoms with Crippen molar-refractivity contribution in [2.75, 3.05) is 40.8 Å². The number of primary amides is 1. The van der Waals surface area contributed by atoms with Gasteiger partial charge >= 0.3 is 5.97 Å². The molecule has 1 aromatic carbocycles. The lowest BCUT2D eigenvalue weighted by Crippen LogP contribution is -2.50. The van der Waals surface area contributed by atoms with Gasteiger partial charge in [-0.15, -0.1) is 0 Å². The van der Waals surface area contributed by atoms with E-state index in [2.05, 4.69) is 29.8 Å². The average molecular weight is 855 g/mol. The third kappa shape index (κ3) is 21.5. The van der Waals surface area contributed by atoms with Crippen LogP contribution in [0.5, 0.6) is 0 Å². The third-order valence-corrected chi connectivity index (χ3v) is 9.36. The van der Waals surface area contributed by atoms with Crippen molar-refractivity contribution in [2.45, 2.75) is 110 Å². The van der Waals surface area contributed by atoms with E-state index in [-0.39, 0.29) is 67.2 Å². The van der Waals surface area contributed by atoms with E-state index >= 15 is 0 Å². The van der Waals surface area contributed by atoms with E-state index in [1.807, 2.05) is 26.0 Å². The molecule has 1 aromatic rings. The normalized spacial score (nSPS) is 13.9. The first kappa shape index (κ1) is 55.4. The standard InChI is InChI=1S/C23H25FN2O3.C18H33N3O5.C4H9NO/c1-15(2)16-8-10-17(11-9-16)21(27)12-13-22(28)26-20(23(25)29)14-18-6-4-3-5-7-19(18)24;1-6-9-14(19-4)18(25)26-13-10-16(23)21(8-3)15(7-2)17(24)20(5)11-12-22;1-4(3-6)5-2/h4-13,15,20H,3,14H2,1-2H3,(H2,25,29)(H,26,28);12,14-15,19H,6-11,13H2,1-5H3;3-5H,1-2H3/b13-12+;;/t20-;;/m0../s1. The van der Waals surface area contributed by atoms with Gasteiger partial charge in [0.1, 0.15) is 43.1 Å². The van der Waals surface area contributed by atoms with E-state index in [0.717, 1.165) is 30.4 Å². The summed E-state index contributed by atoms with van der Waals surface area (Å²) in [6.45, 7) is 11.8. The molecule has 338 valence electrons. The van der Waals surface area contributed by atoms with Crippen LogP contribution in [0.25, 0.3) is 0 Å². The maximum Gasteiger partial charge on any atom is 0.323 e. The molecule has 0 aliphatic heterocycles. The maximum atomic E-state index is 14.0. The number of esters is 1. The Bertz CT molecular complexity index is 1710. The molecule has 0 spiro atoms. The van der Waals surface area contributed by atoms with Crippen LogP contribution in [-0.2, 0) is 38.3 Å². The van der Waals surface area contributed by atoms with Gasteiger partial charge in [0, 0.05) is 31.7 Å². The zero-order chi connectivity index (χ0) is 46.5. The lowest BCUT2D eigenvalue weighted by Gasteiger charge is -2.31. The molecule has 61 heavy (non-hydrogen) atoms. The van der Waals surface area contributed by atoms with E-state index in [1.165, 1.54) is 22.9 Å². The molecule has 1 aliphatic rings. The second-order valence-electron chi connectivity index (χ2n) is 14.3. The van der Waals surface area contributed by atoms with Crippen LogP contribution in [-0.4, -0.2) is 123 Å². The van der Waals surface area contributed by atoms with E-state index in [9.17, 15) is 42.7 Å². The molecule has 0 bridgehead atoms. The molecule has 2 rings (SSSR count). The van der Waals surface area contributed by atoms with Crippen LogP contribution < -0.4 is 21.7 Å². The van der Waals surface area contributed by atoms with Crippen molar-refractivity contribution < 1.29 is 47.5 Å². The van der Waals surface area contributed by atoms with E-state index in [0.29, 0.717) is 43.6 Å². The van der Waals surface area contributed by atoms with Gasteiger partial charge < -0.3 is 45.8 Å². The van der Waals surface area contributed by atoms with Gasteiger partial charge in [-0.05, 0) is 76.4 Å². The number of nitrogens with one attached hydrogen (secondary N) is 3. The number of ether oxygens (including phenoxy) is 1. The van der Waals surface area contributed by atoms with E-state index in [4.69, 9.17) is 10.5 Å². The predicted molar refractivity (Wildman–Crippen MR) is 234 cm³/mol. The van der Waals surface area contributed by atoms with Crippen molar-refractivity contribution in [2.24, 2.45) is 5.73 Å². The first-order valence-corrected chi connectivity index (χ1v) is 20.5. The Hall–Kier alpha value is -5.61. The molecule has 3 unspecified atom stereocenters. The van der Waals surface area contributed by atoms with Gasteiger partial charge in [0.05, 0.1) is 19.0 Å². The first-order chi connectivity index (χ1) is 29.0. The zero-order valence-corrected chi connectivity index (χ0v) is 37.2. The van der Waals surface area contributed by atoms with Gasteiger partial charge in [0.2, 0.25) is 23.6 Å². The molecule has 0 aromatic heterocycles. The highest BCUT2D eigenvalue weighted by molar-refractivity contribution is 6.08. The summed E-state index contributed by atoms with van der Waals surface area (Å²) in [5, 5.41) is 8.06. The van der Waals surface area contributed by atoms with Crippen molar-refractivity contribution in [3.8, 4) is 0 Å². The molecule has 0 fully saturated rings. The second-order valence-corrected chi connectivity index (χ2v) is 14.3. The van der Waals surface area contributed by atoms with Crippen LogP contribution in [0.1, 0.15) is 102 Å². The number of nitrogens with zero attached hydrogens (tertiary/aromatic N) is 2. The summed E-state index contributed by atoms with van der Waals surface area (Å²) in [5.74, 6) is -2.81. The van der Waals surface area contributed by atoms with Gasteiger partial charge in [0.15, 0.2) is 5.78 Å². The molecule has 0 heterocycles. The molecule has 15 nitrogen and oxygen atoms in total. The number of carbonyl (C=O) groups excluding carboxylic acids is 8. The summed E-state index contributed by atoms with van der Waals surface area (Å²) in [7, 11) is 4.98. The number of hydrogen-bond acceptors (Lipinski definition) is 11. The minimum Gasteiger partial charge on any atom is -0.464 e. The lowest BCUT2D eigenvalue weighted by molar-refractivity contribution is -0.150. The van der Waals surface area contributed by atoms with Crippen molar-refractivity contribution in [1.29, 1.82) is 0 Å². The number of carbonyl (C=O) groups is 8. The monoisotopic (exact) mass is 854 g/mol. The summed E-state index contributed by atoms with van der Waals surface area (Å²) in [5.41, 5.74) is 7.17. The van der Waals surface area contributed by atoms with Crippen LogP contribution in [0.2, 0.25) is 0 Å². The van der Waals surface area contributed by atoms with Gasteiger partial charge in [-0.2, -0.15) is 0 Å². The highest BCUT2D eigenvalue weighted by Crippen LogP contribution is 2.19. The summed E-state index contributed by atoms with van der Waals surface area (Å²) < 4.78 is 19.2. The minimum atomic E-state index is -1.09. The molecular formula is C45H67FN6O9. The SMILES string of the molecule is CC(C)c1ccc(C(=O)/C=C/C(=O)N[C@@H](CC2=C(F)C=CCC=C2)C(N)=O)cc1.CCCC(NC)C(=O)OCCC(=O)N(CC)C(CC)C(=O)N(C)CC=O.CNC(C)C=O. The number of likely N-dealkylation sites (N-methyl/N-ethyl adjacent to an activating group) is 4. The van der Waals surface area contributed by atoms with E-state index in [1.54, 1.807) is 58.3 Å². The Morgan fingerprint density at radius 2 is 1.56 bits per heavy atom. The van der Waals surface area contributed by atoms with Crippen LogP contribution in [0, 0.1) is 0 Å². The fourth-order valence-electron chi connectivity index (χ4n) is 5.53. The number of rotatable bonds is 23. The number of aldehydes is 2. The average Bonchev–Trinajstić information content (AvgIpc) is 3.46. The van der Waals surface area contributed by atoms with Crippen molar-refractivity contribution >= 4 is 48.0 Å². The largest absolute Gasteiger partial charge is 0.464 e. The van der Waals surface area contributed by atoms with E-state index < -0.39 is 29.7 Å². The lowest BCUT2D eigenvalue weighted by atomic mass is 10.0. The quantitative estimate of drug-likeness (QED) is 0.0534. The number of benzene rings is 1. The second kappa shape index (κ2) is 31.3. The van der Waals surface area contributed by atoms with Crippen molar-refractivity contribution in [3.05, 3.63) is 83.2 Å². The molecule has 0 radical (unpaired) electrons. The Labute approximate surface area is 360 Å². The Morgan fingerprint density at radius 1 is 0.918 bits per heavy atom. The molecule has 0 saturated carbocycles. The van der Waals surface area contributed by atoms with Gasteiger partial charge in [0.25, 0.3) is 0 Å². The molecule has 0 saturated heterocycles. The zero-order valence-electron chi connectivity index (χ0n) is 37.2. The molecule has 4 atom stereocenters. The molecular weight excluding hydrogens is 788 g/mol. The van der Waals surface area contributed by atoms with Crippen molar-refractivity contribution in [1.82, 2.24) is 25.8 Å². The molecule has 4 amide bonds. The van der Waals surface area contributed by atoms with Gasteiger partial charge in [-0.1, -0.05) is 76.6 Å².